The Kier molecular flexibility index (Phi) is 3.88. The van der Waals surface area contributed by atoms with Crippen LogP contribution in [0.5, 0.6) is 0 Å². The summed E-state index contributed by atoms with van der Waals surface area (Å²) in [6.07, 6.45) is -3.44. The number of hydrogen-bond donors (Lipinski definition) is 2. The molecule has 2 aromatic rings. The summed E-state index contributed by atoms with van der Waals surface area (Å²) in [5, 5.41) is 4.85. The highest BCUT2D eigenvalue weighted by Gasteiger charge is 2.32. The normalized spacial score (nSPS) is 12.2. The number of benzene rings is 1. The molecule has 1 aromatic heterocycles. The van der Waals surface area contributed by atoms with Crippen LogP contribution in [-0.2, 0) is 16.4 Å². The number of nitrogens with one attached hydrogen (secondary N) is 1. The highest BCUT2D eigenvalue weighted by Crippen LogP contribution is 2.29. The second kappa shape index (κ2) is 5.34. The lowest BCUT2D eigenvalue weighted by Crippen LogP contribution is -2.21. The topological polar surface area (TPSA) is 85.1 Å². The third kappa shape index (κ3) is 4.17. The summed E-state index contributed by atoms with van der Waals surface area (Å²) in [5.74, 6) is 0. The molecule has 21 heavy (non-hydrogen) atoms. The van der Waals surface area contributed by atoms with Gasteiger partial charge in [0.25, 0.3) is 10.2 Å². The van der Waals surface area contributed by atoms with Gasteiger partial charge in [-0.25, -0.2) is 5.14 Å². The van der Waals surface area contributed by atoms with Crippen molar-refractivity contribution in [2.45, 2.75) is 6.18 Å². The molecule has 112 valence electrons. The molecule has 0 saturated heterocycles. The van der Waals surface area contributed by atoms with Crippen molar-refractivity contribution in [3.05, 3.63) is 48.3 Å². The van der Waals surface area contributed by atoms with Gasteiger partial charge in [-0.1, -0.05) is 18.2 Å². The van der Waals surface area contributed by atoms with Crippen molar-refractivity contribution in [1.82, 2.24) is 4.98 Å². The highest BCUT2D eigenvalue weighted by molar-refractivity contribution is 7.90. The van der Waals surface area contributed by atoms with Crippen LogP contribution in [-0.4, -0.2) is 13.4 Å². The first-order chi connectivity index (χ1) is 9.65. The third-order valence-electron chi connectivity index (χ3n) is 2.51. The Balaban J connectivity index is 2.32. The zero-order valence-corrected chi connectivity index (χ0v) is 11.2. The molecule has 1 heterocycles. The van der Waals surface area contributed by atoms with Crippen LogP contribution in [0.25, 0.3) is 11.1 Å². The van der Waals surface area contributed by atoms with Crippen molar-refractivity contribution < 1.29 is 21.6 Å². The van der Waals surface area contributed by atoms with Crippen LogP contribution >= 0.6 is 0 Å². The van der Waals surface area contributed by atoms with Gasteiger partial charge in [0.15, 0.2) is 0 Å². The number of alkyl halides is 3. The summed E-state index contributed by atoms with van der Waals surface area (Å²) in [5.41, 5.74) is 0.130. The van der Waals surface area contributed by atoms with Crippen LogP contribution < -0.4 is 9.86 Å². The summed E-state index contributed by atoms with van der Waals surface area (Å²) in [7, 11) is -3.92. The molecule has 0 spiro atoms. The Bertz CT molecular complexity index is 743. The van der Waals surface area contributed by atoms with E-state index in [2.05, 4.69) is 9.71 Å². The van der Waals surface area contributed by atoms with Crippen molar-refractivity contribution in [2.24, 2.45) is 5.14 Å². The number of pyridine rings is 1. The van der Waals surface area contributed by atoms with Gasteiger partial charge in [-0.05, 0) is 23.8 Å². The maximum absolute atomic E-state index is 12.4. The molecule has 1 aromatic carbocycles. The van der Waals surface area contributed by atoms with Crippen LogP contribution in [0.2, 0.25) is 0 Å². The molecule has 0 aliphatic rings. The molecule has 0 radical (unpaired) electrons. The molecule has 0 fully saturated rings. The summed E-state index contributed by atoms with van der Waals surface area (Å²) in [6, 6.07) is 8.17. The average molecular weight is 317 g/mol. The fourth-order valence-electron chi connectivity index (χ4n) is 1.66. The van der Waals surface area contributed by atoms with E-state index < -0.39 is 22.1 Å². The van der Waals surface area contributed by atoms with Gasteiger partial charge in [-0.15, -0.1) is 0 Å². The zero-order valence-electron chi connectivity index (χ0n) is 10.4. The smallest absolute Gasteiger partial charge is 0.271 e. The van der Waals surface area contributed by atoms with E-state index in [0.717, 1.165) is 12.3 Å². The second-order valence-electron chi connectivity index (χ2n) is 4.16. The predicted molar refractivity (Wildman–Crippen MR) is 71.4 cm³/mol. The number of nitrogens with zero attached hydrogens (tertiary/aromatic N) is 1. The van der Waals surface area contributed by atoms with Gasteiger partial charge in [-0.2, -0.15) is 21.6 Å². The van der Waals surface area contributed by atoms with E-state index in [1.165, 1.54) is 18.2 Å². The number of anilines is 1. The van der Waals surface area contributed by atoms with E-state index in [1.54, 1.807) is 12.1 Å². The fourth-order valence-corrected chi connectivity index (χ4v) is 2.11. The SMILES string of the molecule is NS(=O)(=O)Nc1cccc(-c2ccc(C(F)(F)F)nc2)c1. The third-order valence-corrected chi connectivity index (χ3v) is 3.03. The summed E-state index contributed by atoms with van der Waals surface area (Å²) in [4.78, 5) is 3.34. The lowest BCUT2D eigenvalue weighted by atomic mass is 10.1. The van der Waals surface area contributed by atoms with Crippen LogP contribution in [0.15, 0.2) is 42.6 Å². The van der Waals surface area contributed by atoms with Crippen molar-refractivity contribution >= 4 is 15.9 Å². The number of nitrogens with two attached hydrogens (primary N) is 1. The first-order valence-corrected chi connectivity index (χ1v) is 7.14. The Hall–Kier alpha value is -2.13. The summed E-state index contributed by atoms with van der Waals surface area (Å²) in [6.45, 7) is 0. The van der Waals surface area contributed by atoms with Gasteiger partial charge < -0.3 is 0 Å². The minimum Gasteiger partial charge on any atom is -0.271 e. The van der Waals surface area contributed by atoms with Gasteiger partial charge in [0.05, 0.1) is 5.69 Å². The van der Waals surface area contributed by atoms with Crippen molar-refractivity contribution in [2.75, 3.05) is 4.72 Å². The lowest BCUT2D eigenvalue weighted by Gasteiger charge is -2.08. The molecule has 0 bridgehead atoms. The van der Waals surface area contributed by atoms with Gasteiger partial charge >= 0.3 is 6.18 Å². The van der Waals surface area contributed by atoms with E-state index >= 15 is 0 Å². The molecule has 0 aliphatic carbocycles. The maximum Gasteiger partial charge on any atom is 0.433 e. The Morgan fingerprint density at radius 1 is 1.10 bits per heavy atom. The molecule has 0 saturated carbocycles. The standard InChI is InChI=1S/C12H10F3N3O2S/c13-12(14,15)11-5-4-9(7-17-11)8-2-1-3-10(6-8)18-21(16,19)20/h1-7,18H,(H2,16,19,20). The van der Waals surface area contributed by atoms with E-state index in [1.807, 2.05) is 0 Å². The molecule has 9 heteroatoms. The Labute approximate surface area is 118 Å². The maximum atomic E-state index is 12.4. The van der Waals surface area contributed by atoms with E-state index in [4.69, 9.17) is 5.14 Å². The molecular weight excluding hydrogens is 307 g/mol. The molecule has 2 rings (SSSR count). The van der Waals surface area contributed by atoms with Crippen molar-refractivity contribution in [3.63, 3.8) is 0 Å². The molecule has 0 aliphatic heterocycles. The average Bonchev–Trinajstić information content (AvgIpc) is 2.36. The fraction of sp³-hybridized carbons (Fsp3) is 0.0833. The number of rotatable bonds is 3. The number of hydrogen-bond acceptors (Lipinski definition) is 3. The van der Waals surface area contributed by atoms with Crippen LogP contribution in [0.1, 0.15) is 5.69 Å². The van der Waals surface area contributed by atoms with Gasteiger partial charge in [0.1, 0.15) is 5.69 Å². The van der Waals surface area contributed by atoms with E-state index in [9.17, 15) is 21.6 Å². The molecule has 0 unspecified atom stereocenters. The first-order valence-electron chi connectivity index (χ1n) is 5.59. The highest BCUT2D eigenvalue weighted by atomic mass is 32.2. The predicted octanol–water partition coefficient (Wildman–Crippen LogP) is 2.38. The minimum atomic E-state index is -4.50. The minimum absolute atomic E-state index is 0.204. The largest absolute Gasteiger partial charge is 0.433 e. The van der Waals surface area contributed by atoms with Crippen LogP contribution in [0.3, 0.4) is 0 Å². The molecule has 5 nitrogen and oxygen atoms in total. The quantitative estimate of drug-likeness (QED) is 0.911. The Morgan fingerprint density at radius 3 is 2.33 bits per heavy atom. The first kappa shape index (κ1) is 15.3. The van der Waals surface area contributed by atoms with Crippen LogP contribution in [0.4, 0.5) is 18.9 Å². The molecule has 3 N–H and O–H groups in total. The van der Waals surface area contributed by atoms with Crippen molar-refractivity contribution in [3.8, 4) is 11.1 Å². The summed E-state index contributed by atoms with van der Waals surface area (Å²) >= 11 is 0. The monoisotopic (exact) mass is 317 g/mol. The number of halogens is 3. The van der Waals surface area contributed by atoms with Gasteiger partial charge in [0, 0.05) is 11.8 Å². The van der Waals surface area contributed by atoms with Crippen molar-refractivity contribution in [1.29, 1.82) is 0 Å². The van der Waals surface area contributed by atoms with E-state index in [0.29, 0.717) is 11.1 Å². The zero-order chi connectivity index (χ0) is 15.7. The molecule has 0 amide bonds. The lowest BCUT2D eigenvalue weighted by molar-refractivity contribution is -0.141. The van der Waals surface area contributed by atoms with Gasteiger partial charge in [-0.3, -0.25) is 9.71 Å². The second-order valence-corrected chi connectivity index (χ2v) is 5.45. The molecule has 0 atom stereocenters. The van der Waals surface area contributed by atoms with Crippen LogP contribution in [0, 0.1) is 0 Å². The Morgan fingerprint density at radius 2 is 1.81 bits per heavy atom. The van der Waals surface area contributed by atoms with Gasteiger partial charge in [0.2, 0.25) is 0 Å². The van der Waals surface area contributed by atoms with E-state index in [-0.39, 0.29) is 5.69 Å². The number of aromatic nitrogens is 1. The molecular formula is C12H10F3N3O2S. The summed E-state index contributed by atoms with van der Waals surface area (Å²) < 4.78 is 61.2.